The van der Waals surface area contributed by atoms with Crippen LogP contribution in [-0.2, 0) is 13.1 Å². The number of pyridine rings is 2. The van der Waals surface area contributed by atoms with Crippen molar-refractivity contribution in [1.82, 2.24) is 24.6 Å². The summed E-state index contributed by atoms with van der Waals surface area (Å²) in [6.45, 7) is 10.3. The monoisotopic (exact) mass is 390 g/mol. The minimum Gasteiger partial charge on any atom is -0.339 e. The van der Waals surface area contributed by atoms with Crippen LogP contribution in [0.1, 0.15) is 48.3 Å². The molecule has 1 N–H and O–H groups in total. The summed E-state index contributed by atoms with van der Waals surface area (Å²) in [5.74, 6) is 1.34. The number of piperidine rings is 1. The fraction of sp³-hybridized carbons (Fsp3) is 0.435. The summed E-state index contributed by atoms with van der Waals surface area (Å²) in [4.78, 5) is 11.8. The third-order valence-electron chi connectivity index (χ3n) is 5.64. The van der Waals surface area contributed by atoms with E-state index in [9.17, 15) is 0 Å². The van der Waals surface area contributed by atoms with Crippen LogP contribution in [0.4, 0.5) is 11.5 Å². The molecule has 6 nitrogen and oxygen atoms in total. The van der Waals surface area contributed by atoms with Gasteiger partial charge in [-0.15, -0.1) is 0 Å². The minimum absolute atomic E-state index is 0.483. The van der Waals surface area contributed by atoms with Gasteiger partial charge in [0, 0.05) is 48.7 Å². The van der Waals surface area contributed by atoms with Crippen LogP contribution in [0, 0.1) is 13.8 Å². The summed E-state index contributed by atoms with van der Waals surface area (Å²) in [5, 5.41) is 7.92. The second-order valence-electron chi connectivity index (χ2n) is 7.93. The van der Waals surface area contributed by atoms with E-state index in [0.29, 0.717) is 5.92 Å². The van der Waals surface area contributed by atoms with Gasteiger partial charge in [0.1, 0.15) is 5.82 Å². The first-order chi connectivity index (χ1) is 14.1. The highest BCUT2D eigenvalue weighted by atomic mass is 15.3. The highest BCUT2D eigenvalue weighted by molar-refractivity contribution is 5.55. The van der Waals surface area contributed by atoms with Crippen LogP contribution in [-0.4, -0.2) is 37.7 Å². The van der Waals surface area contributed by atoms with Gasteiger partial charge in [-0.3, -0.25) is 14.6 Å². The van der Waals surface area contributed by atoms with Crippen LogP contribution in [0.2, 0.25) is 0 Å². The molecule has 0 amide bonds. The van der Waals surface area contributed by atoms with Gasteiger partial charge >= 0.3 is 0 Å². The van der Waals surface area contributed by atoms with Crippen LogP contribution >= 0.6 is 0 Å². The van der Waals surface area contributed by atoms with Gasteiger partial charge in [0.15, 0.2) is 0 Å². The summed E-state index contributed by atoms with van der Waals surface area (Å²) >= 11 is 0. The maximum absolute atomic E-state index is 4.76. The molecule has 29 heavy (non-hydrogen) atoms. The van der Waals surface area contributed by atoms with E-state index in [1.165, 1.54) is 24.1 Å². The van der Waals surface area contributed by atoms with Gasteiger partial charge in [0.2, 0.25) is 0 Å². The Morgan fingerprint density at radius 2 is 2.07 bits per heavy atom. The molecular weight excluding hydrogens is 360 g/mol. The molecule has 1 aliphatic rings. The fourth-order valence-electron chi connectivity index (χ4n) is 4.04. The molecule has 152 valence electrons. The molecule has 1 saturated heterocycles. The average Bonchev–Trinajstić information content (AvgIpc) is 3.08. The molecule has 0 bridgehead atoms. The molecule has 0 radical (unpaired) electrons. The lowest BCUT2D eigenvalue weighted by Gasteiger charge is -2.32. The van der Waals surface area contributed by atoms with Crippen molar-refractivity contribution in [2.45, 2.75) is 52.6 Å². The predicted octanol–water partition coefficient (Wildman–Crippen LogP) is 4.43. The minimum atomic E-state index is 0.483. The number of hydrogen-bond acceptors (Lipinski definition) is 5. The second kappa shape index (κ2) is 8.74. The lowest BCUT2D eigenvalue weighted by Crippen LogP contribution is -2.34. The van der Waals surface area contributed by atoms with Crippen molar-refractivity contribution in [3.05, 3.63) is 65.4 Å². The van der Waals surface area contributed by atoms with Gasteiger partial charge < -0.3 is 5.32 Å². The summed E-state index contributed by atoms with van der Waals surface area (Å²) < 4.78 is 2.03. The molecule has 1 fully saturated rings. The zero-order valence-electron chi connectivity index (χ0n) is 17.6. The molecule has 1 aliphatic heterocycles. The Kier molecular flexibility index (Phi) is 5.90. The molecule has 4 rings (SSSR count). The van der Waals surface area contributed by atoms with Crippen molar-refractivity contribution in [2.75, 3.05) is 18.4 Å². The first-order valence-electron chi connectivity index (χ1n) is 10.5. The van der Waals surface area contributed by atoms with Crippen molar-refractivity contribution in [3.63, 3.8) is 0 Å². The van der Waals surface area contributed by atoms with Crippen molar-refractivity contribution < 1.29 is 0 Å². The maximum atomic E-state index is 4.76. The number of nitrogens with zero attached hydrogens (tertiary/aromatic N) is 5. The van der Waals surface area contributed by atoms with Crippen LogP contribution < -0.4 is 5.32 Å². The zero-order valence-corrected chi connectivity index (χ0v) is 17.6. The number of nitrogens with one attached hydrogen (secondary N) is 1. The second-order valence-corrected chi connectivity index (χ2v) is 7.93. The number of hydrogen-bond donors (Lipinski definition) is 1. The molecule has 0 aromatic carbocycles. The Morgan fingerprint density at radius 1 is 1.17 bits per heavy atom. The van der Waals surface area contributed by atoms with Crippen molar-refractivity contribution in [2.24, 2.45) is 0 Å². The van der Waals surface area contributed by atoms with E-state index < -0.39 is 0 Å². The number of rotatable bonds is 6. The van der Waals surface area contributed by atoms with E-state index in [2.05, 4.69) is 52.5 Å². The molecule has 4 heterocycles. The van der Waals surface area contributed by atoms with Gasteiger partial charge in [0.05, 0.1) is 17.6 Å². The van der Waals surface area contributed by atoms with E-state index in [-0.39, 0.29) is 0 Å². The smallest absolute Gasteiger partial charge is 0.130 e. The van der Waals surface area contributed by atoms with E-state index in [1.54, 1.807) is 0 Å². The predicted molar refractivity (Wildman–Crippen MR) is 116 cm³/mol. The molecule has 0 saturated carbocycles. The SMILES string of the molecule is CCn1cc(CN2CCC[C@@H](c3ccc(Nc4cccc(C)n4)cn3)C2)c(C)n1. The zero-order chi connectivity index (χ0) is 20.2. The largest absolute Gasteiger partial charge is 0.339 e. The summed E-state index contributed by atoms with van der Waals surface area (Å²) in [7, 11) is 0. The van der Waals surface area contributed by atoms with Crippen LogP contribution in [0.5, 0.6) is 0 Å². The quantitative estimate of drug-likeness (QED) is 0.675. The fourth-order valence-corrected chi connectivity index (χ4v) is 4.04. The normalized spacial score (nSPS) is 17.4. The van der Waals surface area contributed by atoms with E-state index >= 15 is 0 Å². The average molecular weight is 391 g/mol. The number of likely N-dealkylation sites (tertiary alicyclic amines) is 1. The molecule has 0 spiro atoms. The Balaban J connectivity index is 1.39. The summed E-state index contributed by atoms with van der Waals surface area (Å²) in [5.41, 5.74) is 5.64. The molecule has 6 heteroatoms. The Labute approximate surface area is 173 Å². The Bertz CT molecular complexity index is 946. The van der Waals surface area contributed by atoms with E-state index in [0.717, 1.165) is 49.1 Å². The third kappa shape index (κ3) is 4.82. The van der Waals surface area contributed by atoms with Crippen molar-refractivity contribution >= 4 is 11.5 Å². The van der Waals surface area contributed by atoms with Crippen molar-refractivity contribution in [3.8, 4) is 0 Å². The van der Waals surface area contributed by atoms with E-state index in [4.69, 9.17) is 4.98 Å². The van der Waals surface area contributed by atoms with E-state index in [1.807, 2.05) is 36.0 Å². The molecule has 1 atom stereocenters. The summed E-state index contributed by atoms with van der Waals surface area (Å²) in [6.07, 6.45) is 6.52. The molecule has 3 aromatic heterocycles. The van der Waals surface area contributed by atoms with Crippen molar-refractivity contribution in [1.29, 1.82) is 0 Å². The maximum Gasteiger partial charge on any atom is 0.130 e. The molecule has 0 aliphatic carbocycles. The molecular formula is C23H30N6. The number of aromatic nitrogens is 4. The van der Waals surface area contributed by atoms with Crippen LogP contribution in [0.3, 0.4) is 0 Å². The van der Waals surface area contributed by atoms with Gasteiger partial charge in [0.25, 0.3) is 0 Å². The molecule has 3 aromatic rings. The van der Waals surface area contributed by atoms with Gasteiger partial charge in [-0.1, -0.05) is 6.07 Å². The lowest BCUT2D eigenvalue weighted by atomic mass is 9.94. The first kappa shape index (κ1) is 19.6. The Morgan fingerprint density at radius 3 is 2.79 bits per heavy atom. The topological polar surface area (TPSA) is 58.9 Å². The first-order valence-corrected chi connectivity index (χ1v) is 10.5. The van der Waals surface area contributed by atoms with Crippen LogP contribution in [0.25, 0.3) is 0 Å². The molecule has 0 unspecified atom stereocenters. The Hall–Kier alpha value is -2.73. The summed E-state index contributed by atoms with van der Waals surface area (Å²) in [6, 6.07) is 10.3. The van der Waals surface area contributed by atoms with Gasteiger partial charge in [-0.25, -0.2) is 4.98 Å². The van der Waals surface area contributed by atoms with Crippen LogP contribution in [0.15, 0.2) is 42.7 Å². The number of aryl methyl sites for hydroxylation is 3. The van der Waals surface area contributed by atoms with Gasteiger partial charge in [-0.05, 0) is 64.4 Å². The standard InChI is InChI=1S/C23H30N6/c1-4-29-16-20(18(3)27-29)15-28-12-6-8-19(14-28)22-11-10-21(13-24-22)26-23-9-5-7-17(2)25-23/h5,7,9-11,13,16,19H,4,6,8,12,14-15H2,1-3H3,(H,25,26)/t19-/m1/s1. The highest BCUT2D eigenvalue weighted by Gasteiger charge is 2.23. The third-order valence-corrected chi connectivity index (χ3v) is 5.64. The highest BCUT2D eigenvalue weighted by Crippen LogP contribution is 2.28. The van der Waals surface area contributed by atoms with Gasteiger partial charge in [-0.2, -0.15) is 5.10 Å². The number of anilines is 2. The lowest BCUT2D eigenvalue weighted by molar-refractivity contribution is 0.198.